The van der Waals surface area contributed by atoms with Gasteiger partial charge < -0.3 is 13.9 Å². The van der Waals surface area contributed by atoms with Crippen molar-refractivity contribution in [2.45, 2.75) is 13.8 Å². The van der Waals surface area contributed by atoms with Gasteiger partial charge in [0.15, 0.2) is 11.5 Å². The van der Waals surface area contributed by atoms with E-state index in [1.54, 1.807) is 0 Å². The summed E-state index contributed by atoms with van der Waals surface area (Å²) < 4.78 is 11.1. The number of ether oxygens (including phenoxy) is 1. The lowest BCUT2D eigenvalue weighted by molar-refractivity contribution is 0.476. The van der Waals surface area contributed by atoms with E-state index in [4.69, 9.17) is 4.74 Å². The molecule has 1 aliphatic rings. The monoisotopic (exact) mass is 526 g/mol. The van der Waals surface area contributed by atoms with Gasteiger partial charge in [0.25, 0.3) is 0 Å². The molecule has 3 heterocycles. The molecule has 2 aromatic heterocycles. The summed E-state index contributed by atoms with van der Waals surface area (Å²) in [4.78, 5) is 0. The highest BCUT2D eigenvalue weighted by atomic mass is 16.5. The largest absolute Gasteiger partial charge is 0.453 e. The first-order chi connectivity index (χ1) is 20.2. The number of para-hydroxylation sites is 4. The van der Waals surface area contributed by atoms with Crippen molar-refractivity contribution in [3.63, 3.8) is 0 Å². The molecule has 6 aromatic carbocycles. The molecular weight excluding hydrogens is 500 g/mol. The van der Waals surface area contributed by atoms with E-state index in [-0.39, 0.29) is 0 Å². The molecule has 3 nitrogen and oxygen atoms in total. The fourth-order valence-electron chi connectivity index (χ4n) is 6.81. The summed E-state index contributed by atoms with van der Waals surface area (Å²) in [5.74, 6) is 1.78. The van der Waals surface area contributed by atoms with Gasteiger partial charge in [-0.25, -0.2) is 0 Å². The second-order valence-electron chi connectivity index (χ2n) is 11.2. The summed E-state index contributed by atoms with van der Waals surface area (Å²) >= 11 is 0. The lowest BCUT2D eigenvalue weighted by Gasteiger charge is -2.21. The van der Waals surface area contributed by atoms with Crippen molar-refractivity contribution in [2.75, 3.05) is 0 Å². The zero-order valence-electron chi connectivity index (χ0n) is 22.8. The first-order valence-corrected chi connectivity index (χ1v) is 14.1. The minimum Gasteiger partial charge on any atom is -0.453 e. The Hall–Kier alpha value is -5.28. The van der Waals surface area contributed by atoms with Crippen molar-refractivity contribution in [3.8, 4) is 34.0 Å². The summed E-state index contributed by atoms with van der Waals surface area (Å²) in [6.07, 6.45) is 0. The number of aromatic nitrogens is 2. The maximum Gasteiger partial charge on any atom is 0.152 e. The Bertz CT molecular complexity index is 2290. The minimum atomic E-state index is 0.881. The highest BCUT2D eigenvalue weighted by Crippen LogP contribution is 2.47. The maximum absolute atomic E-state index is 6.34. The van der Waals surface area contributed by atoms with Gasteiger partial charge in [0.05, 0.1) is 27.8 Å². The van der Waals surface area contributed by atoms with Crippen molar-refractivity contribution < 1.29 is 4.74 Å². The lowest BCUT2D eigenvalue weighted by atomic mass is 10.0. The average Bonchev–Trinajstić information content (AvgIpc) is 3.51. The first kappa shape index (κ1) is 22.5. The Kier molecular flexibility index (Phi) is 4.46. The number of aryl methyl sites for hydroxylation is 2. The van der Waals surface area contributed by atoms with Crippen LogP contribution in [0.1, 0.15) is 11.1 Å². The molecule has 0 amide bonds. The lowest BCUT2D eigenvalue weighted by Crippen LogP contribution is -2.04. The van der Waals surface area contributed by atoms with Gasteiger partial charge in [-0.15, -0.1) is 0 Å². The van der Waals surface area contributed by atoms with Crippen LogP contribution in [0, 0.1) is 13.8 Å². The topological polar surface area (TPSA) is 19.1 Å². The van der Waals surface area contributed by atoms with E-state index in [9.17, 15) is 0 Å². The zero-order valence-corrected chi connectivity index (χ0v) is 22.8. The molecule has 1 aliphatic heterocycles. The number of nitrogens with zero attached hydrogens (tertiary/aromatic N) is 2. The molecule has 9 rings (SSSR count). The Balaban J connectivity index is 1.28. The number of hydrogen-bond donors (Lipinski definition) is 0. The van der Waals surface area contributed by atoms with Gasteiger partial charge in [-0.1, -0.05) is 77.9 Å². The Labute approximate surface area is 237 Å². The fourth-order valence-corrected chi connectivity index (χ4v) is 6.81. The van der Waals surface area contributed by atoms with E-state index in [1.807, 2.05) is 6.07 Å². The SMILES string of the molecule is Cc1ccc2c(c1)c1cc(C)ccc1n2-c1ccc(-c2cccc3c4cccc5c4n(c23)-c2ccccc2O5)cc1. The minimum absolute atomic E-state index is 0.881. The van der Waals surface area contributed by atoms with Gasteiger partial charge in [0, 0.05) is 32.8 Å². The molecule has 3 heteroatoms. The predicted octanol–water partition coefficient (Wildman–Crippen LogP) is 10.3. The van der Waals surface area contributed by atoms with Crippen LogP contribution in [0.3, 0.4) is 0 Å². The second kappa shape index (κ2) is 8.12. The van der Waals surface area contributed by atoms with Crippen LogP contribution >= 0.6 is 0 Å². The summed E-state index contributed by atoms with van der Waals surface area (Å²) in [7, 11) is 0. The normalized spacial score (nSPS) is 12.3. The molecule has 0 aliphatic carbocycles. The van der Waals surface area contributed by atoms with Crippen molar-refractivity contribution >= 4 is 43.6 Å². The molecule has 0 radical (unpaired) electrons. The first-order valence-electron chi connectivity index (χ1n) is 14.1. The Morgan fingerprint density at radius 1 is 0.488 bits per heavy atom. The van der Waals surface area contributed by atoms with Crippen LogP contribution in [0.15, 0.2) is 121 Å². The third-order valence-corrected chi connectivity index (χ3v) is 8.61. The molecule has 0 unspecified atom stereocenters. The van der Waals surface area contributed by atoms with Gasteiger partial charge >= 0.3 is 0 Å². The molecule has 0 N–H and O–H groups in total. The maximum atomic E-state index is 6.34. The molecule has 8 aromatic rings. The number of rotatable bonds is 2. The summed E-state index contributed by atoms with van der Waals surface area (Å²) in [6, 6.07) is 43.9. The van der Waals surface area contributed by atoms with Crippen molar-refractivity contribution in [1.82, 2.24) is 9.13 Å². The van der Waals surface area contributed by atoms with Gasteiger partial charge in [-0.05, 0) is 74.0 Å². The van der Waals surface area contributed by atoms with Crippen LogP contribution in [-0.2, 0) is 0 Å². The van der Waals surface area contributed by atoms with Crippen LogP contribution < -0.4 is 4.74 Å². The Morgan fingerprint density at radius 2 is 1.12 bits per heavy atom. The van der Waals surface area contributed by atoms with Crippen LogP contribution in [-0.4, -0.2) is 9.13 Å². The number of hydrogen-bond acceptors (Lipinski definition) is 1. The van der Waals surface area contributed by atoms with Gasteiger partial charge in [-0.2, -0.15) is 0 Å². The third kappa shape index (κ3) is 3.09. The molecule has 0 saturated heterocycles. The molecule has 41 heavy (non-hydrogen) atoms. The van der Waals surface area contributed by atoms with E-state index in [0.717, 1.165) is 28.4 Å². The van der Waals surface area contributed by atoms with E-state index in [0.29, 0.717) is 0 Å². The molecule has 0 atom stereocenters. The predicted molar refractivity (Wildman–Crippen MR) is 170 cm³/mol. The van der Waals surface area contributed by atoms with E-state index >= 15 is 0 Å². The quantitative estimate of drug-likeness (QED) is 0.219. The van der Waals surface area contributed by atoms with E-state index < -0.39 is 0 Å². The molecule has 0 fully saturated rings. The molecule has 0 spiro atoms. The highest BCUT2D eigenvalue weighted by Gasteiger charge is 2.25. The fraction of sp³-hybridized carbons (Fsp3) is 0.0526. The van der Waals surface area contributed by atoms with E-state index in [2.05, 4.69) is 138 Å². The standard InChI is InChI=1S/C38H26N2O/c1-23-13-19-32-30(21-23)31-22-24(2)14-20-33(31)39(32)26-17-15-25(16-18-26)27-7-5-8-28-29-9-6-12-36-38(29)40(37(27)28)34-10-3-4-11-35(34)41-36/h3-22H,1-2H3. The van der Waals surface area contributed by atoms with Crippen LogP contribution in [0.4, 0.5) is 0 Å². The second-order valence-corrected chi connectivity index (χ2v) is 11.2. The smallest absolute Gasteiger partial charge is 0.152 e. The number of benzene rings is 6. The van der Waals surface area contributed by atoms with Crippen LogP contribution in [0.2, 0.25) is 0 Å². The molecule has 0 bridgehead atoms. The Morgan fingerprint density at radius 3 is 1.85 bits per heavy atom. The van der Waals surface area contributed by atoms with Crippen LogP contribution in [0.25, 0.3) is 66.1 Å². The summed E-state index contributed by atoms with van der Waals surface area (Å²) in [5.41, 5.74) is 12.0. The highest BCUT2D eigenvalue weighted by molar-refractivity contribution is 6.16. The van der Waals surface area contributed by atoms with Crippen molar-refractivity contribution in [3.05, 3.63) is 132 Å². The van der Waals surface area contributed by atoms with Crippen molar-refractivity contribution in [1.29, 1.82) is 0 Å². The summed E-state index contributed by atoms with van der Waals surface area (Å²) in [6.45, 7) is 4.33. The molecule has 194 valence electrons. The average molecular weight is 527 g/mol. The zero-order chi connectivity index (χ0) is 27.2. The van der Waals surface area contributed by atoms with Gasteiger partial charge in [0.2, 0.25) is 0 Å². The van der Waals surface area contributed by atoms with Crippen LogP contribution in [0.5, 0.6) is 11.5 Å². The summed E-state index contributed by atoms with van der Waals surface area (Å²) in [5, 5.41) is 5.04. The number of fused-ring (bicyclic) bond motifs is 8. The van der Waals surface area contributed by atoms with Gasteiger partial charge in [0.1, 0.15) is 0 Å². The van der Waals surface area contributed by atoms with Crippen molar-refractivity contribution in [2.24, 2.45) is 0 Å². The van der Waals surface area contributed by atoms with E-state index in [1.165, 1.54) is 60.3 Å². The molecule has 0 saturated carbocycles. The third-order valence-electron chi connectivity index (χ3n) is 8.61. The molecular formula is C38H26N2O. The van der Waals surface area contributed by atoms with Gasteiger partial charge in [-0.3, -0.25) is 0 Å².